The molecule has 202 valence electrons. The van der Waals surface area contributed by atoms with Gasteiger partial charge >= 0.3 is 0 Å². The van der Waals surface area contributed by atoms with Crippen LogP contribution in [0.1, 0.15) is 78.2 Å². The molecule has 0 aromatic heterocycles. The largest absolute Gasteiger partial charge is 0.347 e. The summed E-state index contributed by atoms with van der Waals surface area (Å²) in [4.78, 5) is 60.2. The molecule has 9 heteroatoms. The smallest absolute Gasteiger partial charge is 0.243 e. The van der Waals surface area contributed by atoms with E-state index in [0.717, 1.165) is 37.7 Å². The zero-order valence-corrected chi connectivity index (χ0v) is 22.3. The molecule has 1 aromatic carbocycles. The SMILES string of the molecule is CC.CCCCCCCC(=O)NCC(=O)NCC(=O)NC(Cc1ccccc1)C(=O)NCC(=O)CC. The van der Waals surface area contributed by atoms with Gasteiger partial charge in [-0.3, -0.25) is 24.0 Å². The van der Waals surface area contributed by atoms with Gasteiger partial charge in [0.05, 0.1) is 19.6 Å². The molecule has 1 atom stereocenters. The second kappa shape index (κ2) is 21.1. The molecule has 0 fully saturated rings. The van der Waals surface area contributed by atoms with E-state index in [9.17, 15) is 24.0 Å². The maximum Gasteiger partial charge on any atom is 0.243 e. The predicted octanol–water partition coefficient (Wildman–Crippen LogP) is 2.43. The minimum atomic E-state index is -0.899. The number of hydrogen-bond acceptors (Lipinski definition) is 5. The number of nitrogens with one attached hydrogen (secondary N) is 4. The summed E-state index contributed by atoms with van der Waals surface area (Å²) in [5.74, 6) is -1.83. The van der Waals surface area contributed by atoms with Gasteiger partial charge < -0.3 is 21.3 Å². The third kappa shape index (κ3) is 16.4. The van der Waals surface area contributed by atoms with Gasteiger partial charge in [-0.15, -0.1) is 0 Å². The Bertz CT molecular complexity index is 799. The third-order valence-electron chi connectivity index (χ3n) is 5.19. The Morgan fingerprint density at radius 3 is 1.97 bits per heavy atom. The average Bonchev–Trinajstić information content (AvgIpc) is 2.90. The number of hydrogen-bond donors (Lipinski definition) is 4. The number of Topliss-reactive ketones (excluding diaryl/α,β-unsaturated/α-hetero) is 1. The van der Waals surface area contributed by atoms with E-state index in [1.54, 1.807) is 6.92 Å². The lowest BCUT2D eigenvalue weighted by molar-refractivity contribution is -0.130. The average molecular weight is 505 g/mol. The summed E-state index contributed by atoms with van der Waals surface area (Å²) in [6, 6.07) is 8.26. The quantitative estimate of drug-likeness (QED) is 0.242. The number of rotatable bonds is 17. The summed E-state index contributed by atoms with van der Waals surface area (Å²) >= 11 is 0. The van der Waals surface area contributed by atoms with Crippen LogP contribution in [0.5, 0.6) is 0 Å². The first-order valence-corrected chi connectivity index (χ1v) is 13.0. The molecule has 4 amide bonds. The number of ketones is 1. The van der Waals surface area contributed by atoms with Crippen LogP contribution in [0.25, 0.3) is 0 Å². The fourth-order valence-corrected chi connectivity index (χ4v) is 3.14. The first kappa shape index (κ1) is 32.8. The van der Waals surface area contributed by atoms with Gasteiger partial charge in [-0.05, 0) is 12.0 Å². The number of carbonyl (C=O) groups is 5. The highest BCUT2D eigenvalue weighted by molar-refractivity contribution is 5.93. The van der Waals surface area contributed by atoms with Gasteiger partial charge in [0.1, 0.15) is 6.04 Å². The molecule has 0 saturated heterocycles. The van der Waals surface area contributed by atoms with Gasteiger partial charge in [-0.25, -0.2) is 0 Å². The standard InChI is InChI=1S/C25H38N4O5.C2H6/c1-3-5-6-7-11-14-22(31)26-17-23(32)27-18-24(33)29-21(15-19-12-9-8-10-13-19)25(34)28-16-20(30)4-2;1-2/h8-10,12-13,21H,3-7,11,14-18H2,1-2H3,(H,26,31)(H,27,32)(H,28,34)(H,29,33);1-2H3. The second-order valence-corrected chi connectivity index (χ2v) is 8.14. The van der Waals surface area contributed by atoms with Crippen molar-refractivity contribution < 1.29 is 24.0 Å². The highest BCUT2D eigenvalue weighted by Gasteiger charge is 2.22. The zero-order chi connectivity index (χ0) is 27.2. The van der Waals surface area contributed by atoms with Crippen LogP contribution in [0.3, 0.4) is 0 Å². The van der Waals surface area contributed by atoms with Crippen LogP contribution in [0.4, 0.5) is 0 Å². The number of amides is 4. The van der Waals surface area contributed by atoms with Gasteiger partial charge in [-0.2, -0.15) is 0 Å². The lowest BCUT2D eigenvalue weighted by Crippen LogP contribution is -2.51. The maximum atomic E-state index is 12.6. The van der Waals surface area contributed by atoms with Gasteiger partial charge in [0.2, 0.25) is 23.6 Å². The normalized spacial score (nSPS) is 10.8. The number of benzene rings is 1. The Morgan fingerprint density at radius 1 is 0.722 bits per heavy atom. The van der Waals surface area contributed by atoms with E-state index >= 15 is 0 Å². The summed E-state index contributed by atoms with van der Waals surface area (Å²) < 4.78 is 0. The molecule has 1 rings (SSSR count). The van der Waals surface area contributed by atoms with E-state index in [1.807, 2.05) is 44.2 Å². The lowest BCUT2D eigenvalue weighted by atomic mass is 10.1. The molecular formula is C27H44N4O5. The van der Waals surface area contributed by atoms with Gasteiger partial charge in [0.15, 0.2) is 5.78 Å². The molecule has 0 aliphatic carbocycles. The highest BCUT2D eigenvalue weighted by atomic mass is 16.2. The number of carbonyl (C=O) groups excluding carboxylic acids is 5. The van der Waals surface area contributed by atoms with Crippen molar-refractivity contribution in [2.24, 2.45) is 0 Å². The van der Waals surface area contributed by atoms with E-state index in [-0.39, 0.29) is 37.7 Å². The minimum Gasteiger partial charge on any atom is -0.347 e. The Balaban J connectivity index is 0.00000596. The topological polar surface area (TPSA) is 133 Å². The van der Waals surface area contributed by atoms with Crippen LogP contribution < -0.4 is 21.3 Å². The predicted molar refractivity (Wildman–Crippen MR) is 141 cm³/mol. The lowest BCUT2D eigenvalue weighted by Gasteiger charge is -2.19. The van der Waals surface area contributed by atoms with E-state index in [2.05, 4.69) is 28.2 Å². The molecule has 36 heavy (non-hydrogen) atoms. The van der Waals surface area contributed by atoms with Crippen LogP contribution in [-0.2, 0) is 30.4 Å². The summed E-state index contributed by atoms with van der Waals surface area (Å²) in [6.07, 6.45) is 6.06. The highest BCUT2D eigenvalue weighted by Crippen LogP contribution is 2.05. The molecule has 9 nitrogen and oxygen atoms in total. The molecular weight excluding hydrogens is 460 g/mol. The van der Waals surface area contributed by atoms with Crippen molar-refractivity contribution in [3.05, 3.63) is 35.9 Å². The fourth-order valence-electron chi connectivity index (χ4n) is 3.14. The van der Waals surface area contributed by atoms with Gasteiger partial charge in [0.25, 0.3) is 0 Å². The summed E-state index contributed by atoms with van der Waals surface area (Å²) in [6.45, 7) is 7.17. The monoisotopic (exact) mass is 504 g/mol. The Hall–Kier alpha value is -3.23. The van der Waals surface area contributed by atoms with Crippen LogP contribution in [0.2, 0.25) is 0 Å². The molecule has 0 heterocycles. The fraction of sp³-hybridized carbons (Fsp3) is 0.593. The molecule has 0 bridgehead atoms. The summed E-state index contributed by atoms with van der Waals surface area (Å²) in [5.41, 5.74) is 0.839. The molecule has 0 radical (unpaired) electrons. The van der Waals surface area contributed by atoms with Crippen molar-refractivity contribution in [2.45, 2.75) is 85.1 Å². The molecule has 1 unspecified atom stereocenters. The van der Waals surface area contributed by atoms with Crippen molar-refractivity contribution in [1.29, 1.82) is 0 Å². The zero-order valence-electron chi connectivity index (χ0n) is 22.3. The first-order valence-electron chi connectivity index (χ1n) is 13.0. The van der Waals surface area contributed by atoms with E-state index in [4.69, 9.17) is 0 Å². The molecule has 4 N–H and O–H groups in total. The van der Waals surface area contributed by atoms with E-state index in [0.29, 0.717) is 12.8 Å². The third-order valence-corrected chi connectivity index (χ3v) is 5.19. The van der Waals surface area contributed by atoms with Crippen molar-refractivity contribution in [1.82, 2.24) is 21.3 Å². The summed E-state index contributed by atoms with van der Waals surface area (Å²) in [5, 5.41) is 10.1. The maximum absolute atomic E-state index is 12.6. The van der Waals surface area contributed by atoms with Crippen LogP contribution >= 0.6 is 0 Å². The molecule has 0 aliphatic rings. The van der Waals surface area contributed by atoms with Crippen molar-refractivity contribution in [3.8, 4) is 0 Å². The molecule has 0 spiro atoms. The Morgan fingerprint density at radius 2 is 1.33 bits per heavy atom. The minimum absolute atomic E-state index is 0.106. The van der Waals surface area contributed by atoms with Gasteiger partial charge in [-0.1, -0.05) is 83.7 Å². The Labute approximate surface area is 215 Å². The number of unbranched alkanes of at least 4 members (excludes halogenated alkanes) is 4. The Kier molecular flexibility index (Phi) is 19.2. The van der Waals surface area contributed by atoms with Crippen LogP contribution in [-0.4, -0.2) is 55.1 Å². The first-order chi connectivity index (χ1) is 17.3. The van der Waals surface area contributed by atoms with E-state index < -0.39 is 23.8 Å². The van der Waals surface area contributed by atoms with Crippen molar-refractivity contribution in [2.75, 3.05) is 19.6 Å². The molecule has 0 aliphatic heterocycles. The van der Waals surface area contributed by atoms with E-state index in [1.165, 1.54) is 0 Å². The van der Waals surface area contributed by atoms with Crippen LogP contribution in [0, 0.1) is 0 Å². The summed E-state index contributed by atoms with van der Waals surface area (Å²) in [7, 11) is 0. The van der Waals surface area contributed by atoms with Crippen molar-refractivity contribution in [3.63, 3.8) is 0 Å². The van der Waals surface area contributed by atoms with Gasteiger partial charge in [0, 0.05) is 19.3 Å². The molecule has 0 saturated carbocycles. The van der Waals surface area contributed by atoms with Crippen LogP contribution in [0.15, 0.2) is 30.3 Å². The second-order valence-electron chi connectivity index (χ2n) is 8.14. The molecule has 1 aromatic rings. The van der Waals surface area contributed by atoms with Crippen molar-refractivity contribution >= 4 is 29.4 Å².